The van der Waals surface area contributed by atoms with Crippen molar-refractivity contribution in [3.8, 4) is 62.1 Å². The average molecular weight is 738 g/mol. The average Bonchev–Trinajstić information content (AvgIpc) is 3.86. The number of rotatable bonds is 6. The van der Waals surface area contributed by atoms with E-state index in [1.165, 1.54) is 20.2 Å². The van der Waals surface area contributed by atoms with Gasteiger partial charge in [0.1, 0.15) is 0 Å². The standard InChI is InChI=1S/C51H32N4S/c1-3-15-33(16-4-1)35-29-30-46-43(32-35)39-21-7-10-26-44(39)55(46)45-27-11-8-23-42(45)51-53-49(34-17-5-2-6-18-34)52-50(54-51)37-20-13-19-36(31-37)38-24-14-25-41-40-22-9-12-28-47(40)56-48(38)41/h1-32H/i1D,3D,4D,15D,16D. The Bertz CT molecular complexity index is 3530. The second-order valence-electron chi connectivity index (χ2n) is 13.6. The Balaban J connectivity index is 1.10. The first-order valence-corrected chi connectivity index (χ1v) is 19.2. The number of thiophene rings is 1. The summed E-state index contributed by atoms with van der Waals surface area (Å²) >= 11 is 1.81. The molecule has 3 heterocycles. The normalized spacial score (nSPS) is 12.8. The van der Waals surface area contributed by atoms with Crippen molar-refractivity contribution in [1.82, 2.24) is 19.5 Å². The summed E-state index contributed by atoms with van der Waals surface area (Å²) in [6.07, 6.45) is 0. The molecule has 0 bridgehead atoms. The minimum Gasteiger partial charge on any atom is -0.309 e. The molecule has 3 aromatic heterocycles. The SMILES string of the molecule is [2H]c1c([2H])c([2H])c(-c2ccc3c(c2)c2ccccc2n3-c2ccccc2-c2nc(-c3ccccc3)nc(-c3cccc(-c4cccc5c4sc4ccccc45)c3)n2)c([2H])c1[2H]. The molecule has 0 aliphatic rings. The van der Waals surface area contributed by atoms with E-state index in [-0.39, 0.29) is 29.7 Å². The van der Waals surface area contributed by atoms with E-state index in [1.807, 2.05) is 91.0 Å². The topological polar surface area (TPSA) is 43.6 Å². The van der Waals surface area contributed by atoms with Gasteiger partial charge in [-0.2, -0.15) is 0 Å². The Hall–Kier alpha value is -7.21. The molecule has 262 valence electrons. The lowest BCUT2D eigenvalue weighted by Crippen LogP contribution is -2.03. The Morgan fingerprint density at radius 1 is 0.411 bits per heavy atom. The maximum atomic E-state index is 8.68. The number of benzene rings is 8. The van der Waals surface area contributed by atoms with E-state index >= 15 is 0 Å². The highest BCUT2D eigenvalue weighted by molar-refractivity contribution is 7.26. The third kappa shape index (κ3) is 5.40. The lowest BCUT2D eigenvalue weighted by Gasteiger charge is -2.15. The second kappa shape index (κ2) is 13.3. The number of hydrogen-bond acceptors (Lipinski definition) is 4. The highest BCUT2D eigenvalue weighted by atomic mass is 32.1. The molecule has 11 aromatic rings. The smallest absolute Gasteiger partial charge is 0.166 e. The minimum atomic E-state index is -0.414. The van der Waals surface area contributed by atoms with E-state index in [1.54, 1.807) is 11.3 Å². The van der Waals surface area contributed by atoms with E-state index in [2.05, 4.69) is 77.4 Å². The highest BCUT2D eigenvalue weighted by Gasteiger charge is 2.20. The van der Waals surface area contributed by atoms with Gasteiger partial charge < -0.3 is 4.57 Å². The summed E-state index contributed by atoms with van der Waals surface area (Å²) in [5.41, 5.74) is 8.14. The van der Waals surface area contributed by atoms with Crippen LogP contribution in [-0.2, 0) is 0 Å². The molecule has 0 aliphatic heterocycles. The molecule has 0 spiro atoms. The highest BCUT2D eigenvalue weighted by Crippen LogP contribution is 2.41. The predicted octanol–water partition coefficient (Wildman–Crippen LogP) is 13.7. The third-order valence-corrected chi connectivity index (χ3v) is 11.6. The first kappa shape index (κ1) is 27.4. The van der Waals surface area contributed by atoms with E-state index in [4.69, 9.17) is 21.8 Å². The number of aromatic nitrogens is 4. The maximum Gasteiger partial charge on any atom is 0.166 e. The van der Waals surface area contributed by atoms with Gasteiger partial charge in [-0.15, -0.1) is 11.3 Å². The molecule has 8 aromatic carbocycles. The summed E-state index contributed by atoms with van der Waals surface area (Å²) in [5.74, 6) is 1.62. The molecule has 0 fully saturated rings. The van der Waals surface area contributed by atoms with Crippen LogP contribution in [0.2, 0.25) is 0 Å². The van der Waals surface area contributed by atoms with E-state index < -0.39 is 6.04 Å². The monoisotopic (exact) mass is 737 g/mol. The van der Waals surface area contributed by atoms with Crippen molar-refractivity contribution in [3.05, 3.63) is 194 Å². The zero-order valence-electron chi connectivity index (χ0n) is 34.8. The Labute approximate surface area is 334 Å². The first-order chi connectivity index (χ1) is 29.8. The van der Waals surface area contributed by atoms with E-state index in [0.717, 1.165) is 55.3 Å². The Kier molecular flexibility index (Phi) is 6.49. The lowest BCUT2D eigenvalue weighted by molar-refractivity contribution is 1.06. The number of para-hydroxylation sites is 2. The quantitative estimate of drug-likeness (QED) is 0.171. The predicted molar refractivity (Wildman–Crippen MR) is 234 cm³/mol. The van der Waals surface area contributed by atoms with Crippen LogP contribution in [0.5, 0.6) is 0 Å². The van der Waals surface area contributed by atoms with Gasteiger partial charge in [0, 0.05) is 47.6 Å². The second-order valence-corrected chi connectivity index (χ2v) is 14.7. The molecular weight excluding hydrogens is 701 g/mol. The van der Waals surface area contributed by atoms with Gasteiger partial charge in [-0.25, -0.2) is 15.0 Å². The van der Waals surface area contributed by atoms with Crippen molar-refractivity contribution in [3.63, 3.8) is 0 Å². The molecule has 4 nitrogen and oxygen atoms in total. The van der Waals surface area contributed by atoms with E-state index in [9.17, 15) is 0 Å². The first-order valence-electron chi connectivity index (χ1n) is 20.9. The fourth-order valence-electron chi connectivity index (χ4n) is 7.78. The summed E-state index contributed by atoms with van der Waals surface area (Å²) in [6, 6.07) is 53.7. The molecule has 0 N–H and O–H groups in total. The van der Waals surface area contributed by atoms with Gasteiger partial charge in [0.25, 0.3) is 0 Å². The molecule has 5 heteroatoms. The van der Waals surface area contributed by atoms with Crippen LogP contribution in [0, 0.1) is 0 Å². The van der Waals surface area contributed by atoms with Crippen LogP contribution in [0.25, 0.3) is 104 Å². The van der Waals surface area contributed by atoms with Crippen molar-refractivity contribution in [2.75, 3.05) is 0 Å². The molecule has 0 unspecified atom stereocenters. The molecule has 0 amide bonds. The molecular formula is C51H32N4S. The van der Waals surface area contributed by atoms with Crippen molar-refractivity contribution < 1.29 is 6.85 Å². The van der Waals surface area contributed by atoms with E-state index in [0.29, 0.717) is 23.0 Å². The van der Waals surface area contributed by atoms with Crippen LogP contribution < -0.4 is 0 Å². The van der Waals surface area contributed by atoms with Gasteiger partial charge in [0.15, 0.2) is 17.5 Å². The van der Waals surface area contributed by atoms with Crippen LogP contribution in [0.4, 0.5) is 0 Å². The zero-order valence-corrected chi connectivity index (χ0v) is 30.6. The van der Waals surface area contributed by atoms with Crippen LogP contribution >= 0.6 is 11.3 Å². The fraction of sp³-hybridized carbons (Fsp3) is 0. The maximum absolute atomic E-state index is 8.68. The van der Waals surface area contributed by atoms with Gasteiger partial charge in [0.2, 0.25) is 0 Å². The Morgan fingerprint density at radius 2 is 1.05 bits per heavy atom. The molecule has 0 saturated heterocycles. The molecule has 0 radical (unpaired) electrons. The van der Waals surface area contributed by atoms with Crippen molar-refractivity contribution in [1.29, 1.82) is 0 Å². The summed E-state index contributed by atoms with van der Waals surface area (Å²) in [4.78, 5) is 15.5. The number of nitrogens with zero attached hydrogens (tertiary/aromatic N) is 4. The summed E-state index contributed by atoms with van der Waals surface area (Å²) in [5, 5.41) is 4.32. The fourth-order valence-corrected chi connectivity index (χ4v) is 9.02. The van der Waals surface area contributed by atoms with Gasteiger partial charge in [0.05, 0.1) is 23.6 Å². The van der Waals surface area contributed by atoms with Crippen LogP contribution in [0.1, 0.15) is 6.85 Å². The number of hydrogen-bond donors (Lipinski definition) is 0. The number of fused-ring (bicyclic) bond motifs is 6. The van der Waals surface area contributed by atoms with Crippen molar-refractivity contribution >= 4 is 53.3 Å². The van der Waals surface area contributed by atoms with Crippen LogP contribution in [0.15, 0.2) is 194 Å². The molecule has 0 atom stereocenters. The molecule has 0 saturated carbocycles. The van der Waals surface area contributed by atoms with Gasteiger partial charge in [-0.05, 0) is 64.7 Å². The van der Waals surface area contributed by atoms with Gasteiger partial charge in [-0.3, -0.25) is 0 Å². The summed E-state index contributed by atoms with van der Waals surface area (Å²) < 4.78 is 46.8. The van der Waals surface area contributed by atoms with Crippen LogP contribution in [0.3, 0.4) is 0 Å². The molecule has 0 aliphatic carbocycles. The lowest BCUT2D eigenvalue weighted by atomic mass is 10.0. The van der Waals surface area contributed by atoms with Crippen molar-refractivity contribution in [2.45, 2.75) is 0 Å². The summed E-state index contributed by atoms with van der Waals surface area (Å²) in [6.45, 7) is 0. The minimum absolute atomic E-state index is 0.167. The largest absolute Gasteiger partial charge is 0.309 e. The third-order valence-electron chi connectivity index (χ3n) is 10.4. The van der Waals surface area contributed by atoms with Gasteiger partial charge >= 0.3 is 0 Å². The Morgan fingerprint density at radius 3 is 1.95 bits per heavy atom. The zero-order chi connectivity index (χ0) is 41.4. The van der Waals surface area contributed by atoms with Gasteiger partial charge in [-0.1, -0.05) is 152 Å². The molecule has 11 rings (SSSR count). The van der Waals surface area contributed by atoms with Crippen LogP contribution in [-0.4, -0.2) is 19.5 Å². The van der Waals surface area contributed by atoms with Crippen molar-refractivity contribution in [2.24, 2.45) is 0 Å². The molecule has 56 heavy (non-hydrogen) atoms. The summed E-state index contributed by atoms with van der Waals surface area (Å²) in [7, 11) is 0.